The van der Waals surface area contributed by atoms with Crippen molar-refractivity contribution in [2.75, 3.05) is 51.7 Å². The zero-order chi connectivity index (χ0) is 27.4. The van der Waals surface area contributed by atoms with E-state index in [1.54, 1.807) is 12.1 Å². The van der Waals surface area contributed by atoms with Gasteiger partial charge in [0.2, 0.25) is 28.1 Å². The van der Waals surface area contributed by atoms with Crippen LogP contribution in [0.5, 0.6) is 0 Å². The van der Waals surface area contributed by atoms with E-state index in [0.29, 0.717) is 27.8 Å². The monoisotopic (exact) mass is 580 g/mol. The molecule has 0 atom stereocenters. The second-order valence-electron chi connectivity index (χ2n) is 8.21. The Balaban J connectivity index is 0.000000151. The molecule has 4 heterocycles. The maximum Gasteiger partial charge on any atom is 0.404 e. The molecule has 1 amide bonds. The quantitative estimate of drug-likeness (QED) is 0.396. The summed E-state index contributed by atoms with van der Waals surface area (Å²) >= 11 is 17.2. The molecule has 200 valence electrons. The average Bonchev–Trinajstić information content (AvgIpc) is 3.70. The lowest BCUT2D eigenvalue weighted by atomic mass is 10.0. The summed E-state index contributed by atoms with van der Waals surface area (Å²) in [4.78, 5) is 51.2. The highest BCUT2D eigenvalue weighted by Gasteiger charge is 2.43. The van der Waals surface area contributed by atoms with Gasteiger partial charge in [-0.3, -0.25) is 9.59 Å². The first-order valence-corrected chi connectivity index (χ1v) is 12.5. The molecular formula is C23H23Cl3N8O4. The summed E-state index contributed by atoms with van der Waals surface area (Å²) in [5, 5.41) is 3.49. The number of Topliss-reactive ketones (excluding diaryl/α,β-unsaturated/α-hetero) is 1. The van der Waals surface area contributed by atoms with Crippen molar-refractivity contribution in [3.05, 3.63) is 63.0 Å². The first kappa shape index (κ1) is 27.4. The van der Waals surface area contributed by atoms with Gasteiger partial charge in [0.15, 0.2) is 0 Å². The molecule has 1 aromatic carbocycles. The van der Waals surface area contributed by atoms with Crippen molar-refractivity contribution in [3.63, 3.8) is 0 Å². The molecule has 1 aliphatic carbocycles. The van der Waals surface area contributed by atoms with Gasteiger partial charge in [-0.25, -0.2) is 4.79 Å². The van der Waals surface area contributed by atoms with Gasteiger partial charge in [-0.15, -0.1) is 0 Å². The normalized spacial score (nSPS) is 17.1. The molecule has 3 aliphatic heterocycles. The van der Waals surface area contributed by atoms with Gasteiger partial charge in [0.25, 0.3) is 0 Å². The zero-order valence-electron chi connectivity index (χ0n) is 20.2. The second kappa shape index (κ2) is 11.8. The molecule has 0 saturated carbocycles. The standard InChI is InChI=1S/C12H13N3O2.C9H5Cl3N4.C2H5NO2/c16-9-7-8(13-1-2-13)12(17)11(15-5-6-15)10(9)14-3-4-14;10-5-3-1-2-4-6(5)13-9-15-7(11)14-8(12)16-9;1-5-2(3)4/h7H,1-6H2;1-4H,(H,13,14,15,16);1H3,(H2,3,4). The lowest BCUT2D eigenvalue weighted by Crippen LogP contribution is -2.29. The number of carbonyl (C=O) groups excluding carboxylic acids is 3. The molecule has 0 radical (unpaired) electrons. The Labute approximate surface area is 233 Å². The number of hydrogen-bond donors (Lipinski definition) is 2. The summed E-state index contributed by atoms with van der Waals surface area (Å²) in [5.41, 5.74) is 6.99. The number of primary amides is 1. The number of hydrogen-bond acceptors (Lipinski definition) is 11. The number of ketones is 2. The fourth-order valence-corrected chi connectivity index (χ4v) is 3.89. The molecule has 12 nitrogen and oxygen atoms in total. The fourth-order valence-electron chi connectivity index (χ4n) is 3.34. The number of methoxy groups -OCH3 is 1. The van der Waals surface area contributed by atoms with Crippen molar-refractivity contribution in [1.29, 1.82) is 0 Å². The van der Waals surface area contributed by atoms with Crippen molar-refractivity contribution in [2.45, 2.75) is 0 Å². The highest BCUT2D eigenvalue weighted by Crippen LogP contribution is 2.34. The number of aromatic nitrogens is 3. The minimum Gasteiger partial charge on any atom is -0.453 e. The summed E-state index contributed by atoms with van der Waals surface area (Å²) in [6, 6.07) is 7.18. The van der Waals surface area contributed by atoms with Crippen LogP contribution in [0.1, 0.15) is 0 Å². The second-order valence-corrected chi connectivity index (χ2v) is 9.29. The van der Waals surface area contributed by atoms with Crippen LogP contribution in [0.2, 0.25) is 15.6 Å². The van der Waals surface area contributed by atoms with Crippen LogP contribution in [0.15, 0.2) is 47.4 Å². The Bertz CT molecular complexity index is 1300. The van der Waals surface area contributed by atoms with Crippen LogP contribution in [-0.4, -0.2) is 93.7 Å². The third kappa shape index (κ3) is 7.24. The molecular weight excluding hydrogens is 559 g/mol. The average molecular weight is 582 g/mol. The van der Waals surface area contributed by atoms with Gasteiger partial charge in [-0.05, 0) is 35.3 Å². The van der Waals surface area contributed by atoms with E-state index in [4.69, 9.17) is 34.8 Å². The van der Waals surface area contributed by atoms with E-state index in [-0.39, 0.29) is 28.1 Å². The van der Waals surface area contributed by atoms with E-state index in [1.165, 1.54) is 13.2 Å². The first-order valence-electron chi connectivity index (χ1n) is 11.4. The molecule has 0 bridgehead atoms. The predicted molar refractivity (Wildman–Crippen MR) is 141 cm³/mol. The van der Waals surface area contributed by atoms with Gasteiger partial charge in [0, 0.05) is 45.3 Å². The minimum atomic E-state index is -0.745. The molecule has 6 rings (SSSR count). The first-order chi connectivity index (χ1) is 18.2. The van der Waals surface area contributed by atoms with Crippen LogP contribution in [0.4, 0.5) is 16.4 Å². The Hall–Kier alpha value is -3.61. The summed E-state index contributed by atoms with van der Waals surface area (Å²) in [7, 11) is 1.22. The minimum absolute atomic E-state index is 0.00546. The fraction of sp³-hybridized carbons (Fsp3) is 0.304. The van der Waals surface area contributed by atoms with Crippen molar-refractivity contribution >= 4 is 64.1 Å². The van der Waals surface area contributed by atoms with Crippen LogP contribution in [-0.2, 0) is 14.3 Å². The number of benzene rings is 1. The summed E-state index contributed by atoms with van der Waals surface area (Å²) in [6.07, 6.45) is 0.778. The number of allylic oxidation sites excluding steroid dienone is 1. The lowest BCUT2D eigenvalue weighted by molar-refractivity contribution is -0.117. The molecule has 1 aromatic heterocycles. The SMILES string of the molecule is COC(N)=O.Clc1nc(Cl)nc(Nc2ccccc2Cl)n1.O=C1C=C(N2CC2)C(=O)C(N2CC2)=C1N1CC1. The van der Waals surface area contributed by atoms with E-state index in [9.17, 15) is 14.4 Å². The van der Waals surface area contributed by atoms with Gasteiger partial charge in [0.1, 0.15) is 11.4 Å². The molecule has 2 aromatic rings. The molecule has 3 saturated heterocycles. The Kier molecular flexibility index (Phi) is 8.55. The number of ether oxygens (including phenoxy) is 1. The van der Waals surface area contributed by atoms with Crippen molar-refractivity contribution in [1.82, 2.24) is 29.7 Å². The maximum atomic E-state index is 12.4. The van der Waals surface area contributed by atoms with Gasteiger partial charge >= 0.3 is 6.09 Å². The third-order valence-corrected chi connectivity index (χ3v) is 6.06. The van der Waals surface area contributed by atoms with Gasteiger partial charge in [-0.2, -0.15) is 15.0 Å². The molecule has 0 spiro atoms. The number of amides is 1. The van der Waals surface area contributed by atoms with Crippen molar-refractivity contribution in [3.8, 4) is 0 Å². The van der Waals surface area contributed by atoms with Crippen LogP contribution < -0.4 is 11.1 Å². The number of nitrogens with two attached hydrogens (primary N) is 1. The molecule has 3 N–H and O–H groups in total. The Morgan fingerprint density at radius 2 is 1.42 bits per heavy atom. The van der Waals surface area contributed by atoms with Gasteiger partial charge in [-0.1, -0.05) is 23.7 Å². The van der Waals surface area contributed by atoms with Crippen molar-refractivity contribution < 1.29 is 19.1 Å². The van der Waals surface area contributed by atoms with Crippen molar-refractivity contribution in [2.24, 2.45) is 5.73 Å². The molecule has 38 heavy (non-hydrogen) atoms. The highest BCUT2D eigenvalue weighted by atomic mass is 35.5. The largest absolute Gasteiger partial charge is 0.453 e. The van der Waals surface area contributed by atoms with Crippen LogP contribution in [0.3, 0.4) is 0 Å². The number of anilines is 2. The van der Waals surface area contributed by atoms with E-state index in [1.807, 2.05) is 26.8 Å². The van der Waals surface area contributed by atoms with Gasteiger partial charge in [0.05, 0.1) is 23.5 Å². The lowest BCUT2D eigenvalue weighted by Gasteiger charge is -2.21. The summed E-state index contributed by atoms with van der Waals surface area (Å²) in [5.74, 6) is 0.297. The van der Waals surface area contributed by atoms with E-state index in [0.717, 1.165) is 39.3 Å². The smallest absolute Gasteiger partial charge is 0.404 e. The molecule has 3 fully saturated rings. The number of nitrogens with zero attached hydrogens (tertiary/aromatic N) is 6. The number of halogens is 3. The van der Waals surface area contributed by atoms with E-state index >= 15 is 0 Å². The number of nitrogens with one attached hydrogen (secondary N) is 1. The topological polar surface area (TPSA) is 146 Å². The summed E-state index contributed by atoms with van der Waals surface area (Å²) in [6.45, 7) is 5.41. The highest BCUT2D eigenvalue weighted by molar-refractivity contribution is 6.33. The van der Waals surface area contributed by atoms with Crippen LogP contribution >= 0.6 is 34.8 Å². The Morgan fingerprint density at radius 1 is 0.895 bits per heavy atom. The predicted octanol–water partition coefficient (Wildman–Crippen LogP) is 2.47. The third-order valence-electron chi connectivity index (χ3n) is 5.39. The summed E-state index contributed by atoms with van der Waals surface area (Å²) < 4.78 is 3.89. The van der Waals surface area contributed by atoms with E-state index in [2.05, 4.69) is 30.7 Å². The number of para-hydroxylation sites is 1. The van der Waals surface area contributed by atoms with Crippen LogP contribution in [0.25, 0.3) is 0 Å². The number of rotatable bonds is 5. The molecule has 15 heteroatoms. The van der Waals surface area contributed by atoms with E-state index < -0.39 is 6.09 Å². The van der Waals surface area contributed by atoms with Gasteiger partial charge < -0.3 is 30.5 Å². The van der Waals surface area contributed by atoms with Crippen LogP contribution in [0, 0.1) is 0 Å². The molecule has 0 unspecified atom stereocenters. The molecule has 4 aliphatic rings. The Morgan fingerprint density at radius 3 is 1.92 bits per heavy atom. The zero-order valence-corrected chi connectivity index (χ0v) is 22.4. The number of carbonyl (C=O) groups is 3. The maximum absolute atomic E-state index is 12.4.